The van der Waals surface area contributed by atoms with Crippen LogP contribution in [0.1, 0.15) is 47.8 Å². The van der Waals surface area contributed by atoms with E-state index in [-0.39, 0.29) is 17.3 Å². The first-order valence-corrected chi connectivity index (χ1v) is 13.9. The van der Waals surface area contributed by atoms with Crippen molar-refractivity contribution >= 4 is 27.3 Å². The van der Waals surface area contributed by atoms with E-state index >= 15 is 0 Å². The van der Waals surface area contributed by atoms with Gasteiger partial charge in [0.15, 0.2) is 0 Å². The fraction of sp³-hybridized carbons (Fsp3) is 0.542. The second-order valence-electron chi connectivity index (χ2n) is 9.17. The molecule has 2 fully saturated rings. The fourth-order valence-corrected chi connectivity index (χ4v) is 6.37. The van der Waals surface area contributed by atoms with Crippen LogP contribution in [0, 0.1) is 11.8 Å². The molecule has 4 rings (SSSR count). The van der Waals surface area contributed by atoms with Crippen molar-refractivity contribution in [3.8, 4) is 0 Å². The largest absolute Gasteiger partial charge is 0.338 e. The monoisotopic (exact) mass is 475 g/mol. The predicted molar refractivity (Wildman–Crippen MR) is 128 cm³/mol. The van der Waals surface area contributed by atoms with Crippen molar-refractivity contribution in [2.75, 3.05) is 32.7 Å². The summed E-state index contributed by atoms with van der Waals surface area (Å²) in [5.41, 5.74) is 0.551. The summed E-state index contributed by atoms with van der Waals surface area (Å²) >= 11 is 1.51. The minimum absolute atomic E-state index is 0.00235. The van der Waals surface area contributed by atoms with E-state index in [1.54, 1.807) is 12.1 Å². The van der Waals surface area contributed by atoms with Crippen LogP contribution in [0.25, 0.3) is 0 Å². The van der Waals surface area contributed by atoms with Gasteiger partial charge in [-0.2, -0.15) is 0 Å². The van der Waals surface area contributed by atoms with Gasteiger partial charge in [-0.05, 0) is 86.3 Å². The van der Waals surface area contributed by atoms with E-state index in [1.165, 1.54) is 55.8 Å². The lowest BCUT2D eigenvalue weighted by Gasteiger charge is -2.38. The van der Waals surface area contributed by atoms with Gasteiger partial charge in [-0.15, -0.1) is 11.3 Å². The summed E-state index contributed by atoms with van der Waals surface area (Å²) in [6.45, 7) is 7.57. The van der Waals surface area contributed by atoms with Crippen molar-refractivity contribution in [1.82, 2.24) is 14.5 Å². The molecule has 1 aromatic heterocycles. The molecule has 3 heterocycles. The van der Waals surface area contributed by atoms with Crippen LogP contribution >= 0.6 is 11.3 Å². The number of nitrogens with one attached hydrogen (secondary N) is 1. The van der Waals surface area contributed by atoms with Crippen LogP contribution in [0.2, 0.25) is 0 Å². The molecule has 1 N–H and O–H groups in total. The zero-order chi connectivity index (χ0) is 22.6. The highest BCUT2D eigenvalue weighted by Crippen LogP contribution is 2.23. The molecule has 174 valence electrons. The molecule has 0 radical (unpaired) electrons. The van der Waals surface area contributed by atoms with Crippen molar-refractivity contribution in [3.63, 3.8) is 0 Å². The number of hydrogen-bond acceptors (Lipinski definition) is 5. The van der Waals surface area contributed by atoms with Crippen LogP contribution < -0.4 is 4.72 Å². The zero-order valence-electron chi connectivity index (χ0n) is 18.7. The van der Waals surface area contributed by atoms with Gasteiger partial charge in [-0.1, -0.05) is 13.0 Å². The van der Waals surface area contributed by atoms with Crippen LogP contribution in [0.4, 0.5) is 0 Å². The Morgan fingerprint density at radius 2 is 1.84 bits per heavy atom. The van der Waals surface area contributed by atoms with E-state index in [0.29, 0.717) is 11.5 Å². The van der Waals surface area contributed by atoms with Crippen molar-refractivity contribution in [2.24, 2.45) is 11.8 Å². The van der Waals surface area contributed by atoms with Crippen molar-refractivity contribution in [2.45, 2.75) is 44.0 Å². The summed E-state index contributed by atoms with van der Waals surface area (Å²) in [5.74, 6) is 1.34. The van der Waals surface area contributed by atoms with Crippen LogP contribution in [-0.2, 0) is 16.6 Å². The average molecular weight is 476 g/mol. The third kappa shape index (κ3) is 5.98. The van der Waals surface area contributed by atoms with Gasteiger partial charge in [0.05, 0.1) is 4.90 Å². The molecule has 1 atom stereocenters. The summed E-state index contributed by atoms with van der Waals surface area (Å²) < 4.78 is 27.7. The number of amides is 1. The molecule has 0 saturated carbocycles. The molecule has 1 unspecified atom stereocenters. The maximum atomic E-state index is 13.1. The first kappa shape index (κ1) is 23.4. The van der Waals surface area contributed by atoms with Crippen LogP contribution in [0.15, 0.2) is 46.7 Å². The lowest BCUT2D eigenvalue weighted by Crippen LogP contribution is -2.45. The number of hydrogen-bond donors (Lipinski definition) is 1. The van der Waals surface area contributed by atoms with Gasteiger partial charge in [0.1, 0.15) is 0 Å². The molecule has 2 aliphatic heterocycles. The molecule has 2 aliphatic rings. The van der Waals surface area contributed by atoms with E-state index in [1.807, 2.05) is 22.4 Å². The predicted octanol–water partition coefficient (Wildman–Crippen LogP) is 3.81. The van der Waals surface area contributed by atoms with Crippen LogP contribution in [0.3, 0.4) is 0 Å². The molecule has 1 aromatic carbocycles. The fourth-order valence-electron chi connectivity index (χ4n) is 4.63. The average Bonchev–Trinajstić information content (AvgIpc) is 3.33. The molecule has 2 aromatic rings. The number of rotatable bonds is 7. The number of benzene rings is 1. The molecule has 1 amide bonds. The number of nitrogens with zero attached hydrogens (tertiary/aromatic N) is 2. The number of likely N-dealkylation sites (tertiary alicyclic amines) is 2. The first-order chi connectivity index (χ1) is 15.4. The minimum Gasteiger partial charge on any atom is -0.338 e. The summed E-state index contributed by atoms with van der Waals surface area (Å²) in [6, 6.07) is 10.1. The Kier molecular flexibility index (Phi) is 7.66. The number of carbonyl (C=O) groups excluding carboxylic acids is 1. The molecule has 2 saturated heterocycles. The Hall–Kier alpha value is -1.74. The Morgan fingerprint density at radius 3 is 2.53 bits per heavy atom. The Bertz CT molecular complexity index is 982. The summed E-state index contributed by atoms with van der Waals surface area (Å²) in [6.07, 6.45) is 4.74. The quantitative estimate of drug-likeness (QED) is 0.661. The maximum Gasteiger partial charge on any atom is 0.253 e. The van der Waals surface area contributed by atoms with E-state index in [0.717, 1.165) is 36.9 Å². The molecule has 6 nitrogen and oxygen atoms in total. The molecule has 8 heteroatoms. The van der Waals surface area contributed by atoms with Gasteiger partial charge in [-0.3, -0.25) is 4.79 Å². The first-order valence-electron chi connectivity index (χ1n) is 11.5. The molecule has 0 aliphatic carbocycles. The van der Waals surface area contributed by atoms with E-state index < -0.39 is 10.0 Å². The third-order valence-electron chi connectivity index (χ3n) is 6.63. The number of sulfonamides is 1. The molecule has 32 heavy (non-hydrogen) atoms. The number of piperidine rings is 2. The highest BCUT2D eigenvalue weighted by atomic mass is 32.2. The van der Waals surface area contributed by atoms with Crippen LogP contribution in [0.5, 0.6) is 0 Å². The SMILES string of the molecule is CC1CCN(CC2CCCN(C(=O)c3ccc(S(=O)(=O)NCc4cccs4)cc3)C2)CC1. The van der Waals surface area contributed by atoms with Gasteiger partial charge in [0.25, 0.3) is 5.91 Å². The van der Waals surface area contributed by atoms with E-state index in [2.05, 4.69) is 16.5 Å². The van der Waals surface area contributed by atoms with Crippen molar-refractivity contribution in [3.05, 3.63) is 52.2 Å². The Balaban J connectivity index is 1.33. The lowest BCUT2D eigenvalue weighted by molar-refractivity contribution is 0.0622. The number of thiophene rings is 1. The Labute approximate surface area is 195 Å². The van der Waals surface area contributed by atoms with Crippen molar-refractivity contribution in [1.29, 1.82) is 0 Å². The standard InChI is InChI=1S/C24H33N3O3S2/c1-19-10-13-26(14-11-19)17-20-4-2-12-27(18-20)24(28)21-6-8-23(9-7-21)32(29,30)25-16-22-5-3-15-31-22/h3,5-9,15,19-20,25H,2,4,10-14,16-18H2,1H3. The topological polar surface area (TPSA) is 69.7 Å². The van der Waals surface area contributed by atoms with Gasteiger partial charge in [-0.25, -0.2) is 13.1 Å². The molecular weight excluding hydrogens is 442 g/mol. The number of carbonyl (C=O) groups is 1. The molecule has 0 spiro atoms. The van der Waals surface area contributed by atoms with E-state index in [9.17, 15) is 13.2 Å². The van der Waals surface area contributed by atoms with Crippen molar-refractivity contribution < 1.29 is 13.2 Å². The van der Waals surface area contributed by atoms with Gasteiger partial charge in [0.2, 0.25) is 10.0 Å². The highest BCUT2D eigenvalue weighted by molar-refractivity contribution is 7.89. The molecular formula is C24H33N3O3S2. The Morgan fingerprint density at radius 1 is 1.09 bits per heavy atom. The van der Waals surface area contributed by atoms with E-state index in [4.69, 9.17) is 0 Å². The lowest BCUT2D eigenvalue weighted by atomic mass is 9.94. The summed E-state index contributed by atoms with van der Waals surface area (Å²) in [4.78, 5) is 18.7. The summed E-state index contributed by atoms with van der Waals surface area (Å²) in [5, 5.41) is 1.92. The van der Waals surface area contributed by atoms with Gasteiger partial charge < -0.3 is 9.80 Å². The maximum absolute atomic E-state index is 13.1. The van der Waals surface area contributed by atoms with Gasteiger partial charge in [0, 0.05) is 36.6 Å². The van der Waals surface area contributed by atoms with Gasteiger partial charge >= 0.3 is 0 Å². The van der Waals surface area contributed by atoms with Crippen LogP contribution in [-0.4, -0.2) is 56.8 Å². The molecule has 0 bridgehead atoms. The second kappa shape index (κ2) is 10.5. The third-order valence-corrected chi connectivity index (χ3v) is 8.92. The smallest absolute Gasteiger partial charge is 0.253 e. The highest BCUT2D eigenvalue weighted by Gasteiger charge is 2.27. The summed E-state index contributed by atoms with van der Waals surface area (Å²) in [7, 11) is -3.61. The second-order valence-corrected chi connectivity index (χ2v) is 12.0. The zero-order valence-corrected chi connectivity index (χ0v) is 20.3. The normalized spacial score (nSPS) is 21.0. The minimum atomic E-state index is -3.61.